The van der Waals surface area contributed by atoms with Crippen LogP contribution in [0.25, 0.3) is 0 Å². The summed E-state index contributed by atoms with van der Waals surface area (Å²) in [5, 5.41) is 3.93. The Hall–Kier alpha value is -1.82. The summed E-state index contributed by atoms with van der Waals surface area (Å²) in [4.78, 5) is 0. The maximum Gasteiger partial charge on any atom is 0.234 e. The molecular formula is C13H17N3O2S. The van der Waals surface area contributed by atoms with Crippen LogP contribution in [0, 0.1) is 0 Å². The molecule has 1 aromatic heterocycles. The Labute approximate surface area is 113 Å². The number of hydrogen-bond acceptors (Lipinski definition) is 3. The molecule has 0 spiro atoms. The molecule has 1 heterocycles. The van der Waals surface area contributed by atoms with Crippen molar-refractivity contribution >= 4 is 15.8 Å². The molecule has 1 aromatic carbocycles. The molecule has 1 atom stereocenters. The third-order valence-electron chi connectivity index (χ3n) is 2.92. The van der Waals surface area contributed by atoms with E-state index in [0.717, 1.165) is 5.56 Å². The predicted molar refractivity (Wildman–Crippen MR) is 75.5 cm³/mol. The molecule has 0 saturated heterocycles. The third-order valence-corrected chi connectivity index (χ3v) is 4.38. The van der Waals surface area contributed by atoms with Gasteiger partial charge >= 0.3 is 0 Å². The van der Waals surface area contributed by atoms with Gasteiger partial charge in [0.25, 0.3) is 0 Å². The minimum atomic E-state index is -3.39. The fraction of sp³-hybridized carbons (Fsp3) is 0.308. The van der Waals surface area contributed by atoms with Crippen LogP contribution in [0.2, 0.25) is 0 Å². The smallest absolute Gasteiger partial charge is 0.234 e. The largest absolute Gasteiger partial charge is 0.268 e. The molecular weight excluding hydrogens is 262 g/mol. The van der Waals surface area contributed by atoms with Crippen molar-refractivity contribution in [2.75, 3.05) is 10.5 Å². The molecule has 5 nitrogen and oxygen atoms in total. The number of benzene rings is 1. The lowest BCUT2D eigenvalue weighted by molar-refractivity contribution is 0.595. The van der Waals surface area contributed by atoms with Gasteiger partial charge in [0.15, 0.2) is 0 Å². The summed E-state index contributed by atoms with van der Waals surface area (Å²) in [6.07, 6.45) is 1.55. The van der Waals surface area contributed by atoms with E-state index in [1.54, 1.807) is 19.3 Å². The van der Waals surface area contributed by atoms with Crippen molar-refractivity contribution in [3.63, 3.8) is 0 Å². The van der Waals surface area contributed by atoms with Gasteiger partial charge in [-0.1, -0.05) is 37.3 Å². The van der Waals surface area contributed by atoms with Crippen LogP contribution >= 0.6 is 0 Å². The van der Waals surface area contributed by atoms with E-state index in [2.05, 4.69) is 9.82 Å². The zero-order valence-electron chi connectivity index (χ0n) is 10.9. The van der Waals surface area contributed by atoms with Crippen molar-refractivity contribution in [3.8, 4) is 0 Å². The minimum Gasteiger partial charge on any atom is -0.268 e. The molecule has 19 heavy (non-hydrogen) atoms. The first-order chi connectivity index (χ1) is 8.98. The van der Waals surface area contributed by atoms with E-state index in [-0.39, 0.29) is 11.7 Å². The number of sulfonamides is 1. The minimum absolute atomic E-state index is 0.0438. The van der Waals surface area contributed by atoms with Gasteiger partial charge in [-0.05, 0) is 11.5 Å². The Balaban J connectivity index is 2.08. The highest BCUT2D eigenvalue weighted by molar-refractivity contribution is 7.92. The molecule has 102 valence electrons. The van der Waals surface area contributed by atoms with E-state index >= 15 is 0 Å². The molecule has 0 aliphatic rings. The van der Waals surface area contributed by atoms with Crippen molar-refractivity contribution in [1.82, 2.24) is 9.78 Å². The molecule has 6 heteroatoms. The first-order valence-corrected chi connectivity index (χ1v) is 7.66. The Kier molecular flexibility index (Phi) is 3.90. The number of nitrogens with one attached hydrogen (secondary N) is 1. The van der Waals surface area contributed by atoms with Crippen LogP contribution in [-0.4, -0.2) is 24.0 Å². The maximum absolute atomic E-state index is 12.1. The Bertz CT molecular complexity index is 635. The second-order valence-electron chi connectivity index (χ2n) is 4.54. The average molecular weight is 279 g/mol. The van der Waals surface area contributed by atoms with E-state index in [1.807, 2.05) is 37.3 Å². The van der Waals surface area contributed by atoms with Gasteiger partial charge in [0.1, 0.15) is 5.82 Å². The van der Waals surface area contributed by atoms with Gasteiger partial charge in [-0.3, -0.25) is 9.40 Å². The number of anilines is 1. The molecule has 0 saturated carbocycles. The van der Waals surface area contributed by atoms with E-state index in [9.17, 15) is 8.42 Å². The summed E-state index contributed by atoms with van der Waals surface area (Å²) in [5.41, 5.74) is 1.01. The zero-order valence-corrected chi connectivity index (χ0v) is 11.8. The Morgan fingerprint density at radius 1 is 1.26 bits per heavy atom. The van der Waals surface area contributed by atoms with E-state index in [4.69, 9.17) is 0 Å². The maximum atomic E-state index is 12.1. The van der Waals surface area contributed by atoms with Gasteiger partial charge in [0.2, 0.25) is 10.0 Å². The molecule has 0 fully saturated rings. The standard InChI is InChI=1S/C13H17N3O2S/c1-11(12-6-4-3-5-7-12)10-19(17,18)15-13-8-9-14-16(13)2/h3-9,11,15H,10H2,1-2H3. The van der Waals surface area contributed by atoms with Crippen LogP contribution in [-0.2, 0) is 17.1 Å². The Morgan fingerprint density at radius 2 is 1.95 bits per heavy atom. The van der Waals surface area contributed by atoms with Crippen molar-refractivity contribution in [1.29, 1.82) is 0 Å². The molecule has 0 amide bonds. The molecule has 0 bridgehead atoms. The van der Waals surface area contributed by atoms with Gasteiger partial charge in [0, 0.05) is 13.1 Å². The number of nitrogens with zero attached hydrogens (tertiary/aromatic N) is 2. The fourth-order valence-corrected chi connectivity index (χ4v) is 3.33. The highest BCUT2D eigenvalue weighted by Gasteiger charge is 2.18. The fourth-order valence-electron chi connectivity index (χ4n) is 1.88. The number of aromatic nitrogens is 2. The van der Waals surface area contributed by atoms with Crippen LogP contribution < -0.4 is 4.72 Å². The second-order valence-corrected chi connectivity index (χ2v) is 6.30. The highest BCUT2D eigenvalue weighted by Crippen LogP contribution is 2.18. The van der Waals surface area contributed by atoms with Crippen LogP contribution in [0.3, 0.4) is 0 Å². The Morgan fingerprint density at radius 3 is 2.53 bits per heavy atom. The predicted octanol–water partition coefficient (Wildman–Crippen LogP) is 1.97. The van der Waals surface area contributed by atoms with Crippen LogP contribution in [0.15, 0.2) is 42.6 Å². The highest BCUT2D eigenvalue weighted by atomic mass is 32.2. The van der Waals surface area contributed by atoms with E-state index in [1.165, 1.54) is 4.68 Å². The summed E-state index contributed by atoms with van der Waals surface area (Å²) < 4.78 is 28.2. The van der Waals surface area contributed by atoms with E-state index < -0.39 is 10.0 Å². The molecule has 0 radical (unpaired) electrons. The van der Waals surface area contributed by atoms with Crippen molar-refractivity contribution in [3.05, 3.63) is 48.2 Å². The second kappa shape index (κ2) is 5.44. The van der Waals surface area contributed by atoms with Gasteiger partial charge in [0.05, 0.1) is 11.9 Å². The summed E-state index contributed by atoms with van der Waals surface area (Å²) >= 11 is 0. The summed E-state index contributed by atoms with van der Waals surface area (Å²) in [7, 11) is -1.69. The van der Waals surface area contributed by atoms with Crippen LogP contribution in [0.1, 0.15) is 18.4 Å². The van der Waals surface area contributed by atoms with Gasteiger partial charge in [-0.15, -0.1) is 0 Å². The zero-order chi connectivity index (χ0) is 13.9. The van der Waals surface area contributed by atoms with Gasteiger partial charge in [-0.25, -0.2) is 8.42 Å². The molecule has 1 unspecified atom stereocenters. The summed E-state index contributed by atoms with van der Waals surface area (Å²) in [5.74, 6) is 0.453. The molecule has 2 rings (SSSR count). The third kappa shape index (κ3) is 3.57. The summed E-state index contributed by atoms with van der Waals surface area (Å²) in [6.45, 7) is 1.90. The van der Waals surface area contributed by atoms with Crippen molar-refractivity contribution in [2.45, 2.75) is 12.8 Å². The molecule has 0 aliphatic carbocycles. The lowest BCUT2D eigenvalue weighted by Gasteiger charge is -2.13. The topological polar surface area (TPSA) is 64.0 Å². The van der Waals surface area contributed by atoms with Crippen molar-refractivity contribution < 1.29 is 8.42 Å². The van der Waals surface area contributed by atoms with Gasteiger partial charge in [-0.2, -0.15) is 5.10 Å². The van der Waals surface area contributed by atoms with Gasteiger partial charge < -0.3 is 0 Å². The van der Waals surface area contributed by atoms with Crippen molar-refractivity contribution in [2.24, 2.45) is 7.05 Å². The van der Waals surface area contributed by atoms with Crippen LogP contribution in [0.4, 0.5) is 5.82 Å². The first kappa shape index (κ1) is 13.6. The SMILES string of the molecule is CC(CS(=O)(=O)Nc1ccnn1C)c1ccccc1. The lowest BCUT2D eigenvalue weighted by Crippen LogP contribution is -2.21. The molecule has 1 N–H and O–H groups in total. The average Bonchev–Trinajstić information content (AvgIpc) is 2.75. The lowest BCUT2D eigenvalue weighted by atomic mass is 10.0. The summed E-state index contributed by atoms with van der Waals surface area (Å²) in [6, 6.07) is 11.2. The number of hydrogen-bond donors (Lipinski definition) is 1. The molecule has 2 aromatic rings. The molecule has 0 aliphatic heterocycles. The number of aryl methyl sites for hydroxylation is 1. The van der Waals surface area contributed by atoms with E-state index in [0.29, 0.717) is 5.82 Å². The van der Waals surface area contributed by atoms with Crippen LogP contribution in [0.5, 0.6) is 0 Å². The number of rotatable bonds is 5. The first-order valence-electron chi connectivity index (χ1n) is 6.01. The quantitative estimate of drug-likeness (QED) is 0.910. The normalized spacial score (nSPS) is 13.2. The monoisotopic (exact) mass is 279 g/mol.